The fourth-order valence-corrected chi connectivity index (χ4v) is 12.4. The maximum atomic E-state index is 2.45. The van der Waals surface area contributed by atoms with E-state index in [1.54, 1.807) is 0 Å². The third-order valence-electron chi connectivity index (χ3n) is 15.3. The van der Waals surface area contributed by atoms with Crippen molar-refractivity contribution in [2.45, 2.75) is 0 Å². The van der Waals surface area contributed by atoms with Gasteiger partial charge in [0.2, 0.25) is 0 Å². The van der Waals surface area contributed by atoms with E-state index in [-0.39, 0.29) is 0 Å². The molecule has 16 aromatic rings. The molecule has 0 atom stereocenters. The van der Waals surface area contributed by atoms with E-state index in [9.17, 15) is 0 Å². The molecule has 0 saturated heterocycles. The van der Waals surface area contributed by atoms with Gasteiger partial charge in [-0.25, -0.2) is 0 Å². The Balaban J connectivity index is 0.870. The second-order valence-electron chi connectivity index (χ2n) is 18.9. The van der Waals surface area contributed by atoms with Crippen LogP contribution in [0.3, 0.4) is 0 Å². The second kappa shape index (κ2) is 14.5. The van der Waals surface area contributed by atoms with Crippen molar-refractivity contribution in [3.8, 4) is 28.4 Å². The zero-order valence-corrected chi connectivity index (χ0v) is 38.4. The van der Waals surface area contributed by atoms with Gasteiger partial charge in [-0.3, -0.25) is 0 Å². The van der Waals surface area contributed by atoms with Gasteiger partial charge in [-0.2, -0.15) is 0 Å². The molecule has 16 rings (SSSR count). The lowest BCUT2D eigenvalue weighted by atomic mass is 10.1. The molecule has 0 bridgehead atoms. The van der Waals surface area contributed by atoms with Gasteiger partial charge in [-0.15, -0.1) is 0 Å². The van der Waals surface area contributed by atoms with Crippen LogP contribution in [0.15, 0.2) is 249 Å². The molecule has 5 aromatic heterocycles. The highest BCUT2D eigenvalue weighted by Crippen LogP contribution is 2.42. The van der Waals surface area contributed by atoms with E-state index in [0.29, 0.717) is 0 Å². The first-order valence-electron chi connectivity index (χ1n) is 24.4. The zero-order chi connectivity index (χ0) is 46.3. The largest absolute Gasteiger partial charge is 0.309 e. The molecule has 71 heavy (non-hydrogen) atoms. The van der Waals surface area contributed by atoms with Crippen LogP contribution >= 0.6 is 0 Å². The Morgan fingerprint density at radius 3 is 0.873 bits per heavy atom. The SMILES string of the molecule is c1cc(-n2c3ccccc3c3cc(-n4c5ccccc5c5cc(-n6c7ccccc7c7ccccc76)ccc54)ccc32)cc(-n2c3ccccc3c3c(-n4c5ccccc5c5ccccc54)cccc32)c1. The van der Waals surface area contributed by atoms with E-state index in [2.05, 4.69) is 272 Å². The van der Waals surface area contributed by atoms with E-state index in [0.717, 1.165) is 28.3 Å². The minimum atomic E-state index is 1.11. The van der Waals surface area contributed by atoms with Crippen molar-refractivity contribution in [3.05, 3.63) is 249 Å². The Labute approximate surface area is 407 Å². The lowest BCUT2D eigenvalue weighted by Gasteiger charge is -2.14. The van der Waals surface area contributed by atoms with Crippen molar-refractivity contribution >= 4 is 109 Å². The summed E-state index contributed by atoms with van der Waals surface area (Å²) in [5.41, 5.74) is 17.6. The van der Waals surface area contributed by atoms with Crippen molar-refractivity contribution in [1.82, 2.24) is 22.8 Å². The monoisotopic (exact) mass is 903 g/mol. The summed E-state index contributed by atoms with van der Waals surface area (Å²) in [5.74, 6) is 0. The number of hydrogen-bond acceptors (Lipinski definition) is 0. The van der Waals surface area contributed by atoms with Crippen LogP contribution in [0.1, 0.15) is 0 Å². The first-order chi connectivity index (χ1) is 35.3. The maximum absolute atomic E-state index is 2.45. The topological polar surface area (TPSA) is 24.6 Å². The van der Waals surface area contributed by atoms with Crippen LogP contribution in [0.2, 0.25) is 0 Å². The summed E-state index contributed by atoms with van der Waals surface area (Å²) in [6.07, 6.45) is 0. The minimum absolute atomic E-state index is 1.11. The summed E-state index contributed by atoms with van der Waals surface area (Å²) in [7, 11) is 0. The molecule has 5 heterocycles. The average Bonchev–Trinajstić information content (AvgIpc) is 4.22. The fraction of sp³-hybridized carbons (Fsp3) is 0. The molecule has 0 amide bonds. The van der Waals surface area contributed by atoms with Crippen molar-refractivity contribution in [1.29, 1.82) is 0 Å². The first-order valence-corrected chi connectivity index (χ1v) is 24.4. The molecule has 330 valence electrons. The lowest BCUT2D eigenvalue weighted by molar-refractivity contribution is 1.13. The van der Waals surface area contributed by atoms with Gasteiger partial charge in [-0.1, -0.05) is 140 Å². The van der Waals surface area contributed by atoms with E-state index in [1.807, 2.05) is 0 Å². The molecule has 0 spiro atoms. The standard InChI is InChI=1S/C66H41N5/c1-8-26-55-46(19-1)47-20-2-9-27-56(47)68(55)44-35-38-63-54(40-44)51-24-6-11-29-58(51)69(63)45-36-37-62-53(41-45)50-23-5-10-28-57(50)67(62)42-17-15-18-43(39-42)70-61-32-14-7-25-52(61)66-64(70)33-16-34-65(66)71-59-30-12-3-21-48(59)49-22-4-13-31-60(49)71/h1-41H. The Bertz CT molecular complexity index is 4790. The Morgan fingerprint density at radius 1 is 0.169 bits per heavy atom. The van der Waals surface area contributed by atoms with Gasteiger partial charge in [0.15, 0.2) is 0 Å². The number of nitrogens with zero attached hydrogens (tertiary/aromatic N) is 5. The fourth-order valence-electron chi connectivity index (χ4n) is 12.4. The zero-order valence-electron chi connectivity index (χ0n) is 38.4. The summed E-state index contributed by atoms with van der Waals surface area (Å²) in [4.78, 5) is 0. The lowest BCUT2D eigenvalue weighted by Crippen LogP contribution is -1.99. The molecule has 0 radical (unpaired) electrons. The van der Waals surface area contributed by atoms with Crippen LogP contribution < -0.4 is 0 Å². The van der Waals surface area contributed by atoms with Gasteiger partial charge >= 0.3 is 0 Å². The van der Waals surface area contributed by atoms with Gasteiger partial charge in [0.25, 0.3) is 0 Å². The summed E-state index contributed by atoms with van der Waals surface area (Å²) in [6.45, 7) is 0. The summed E-state index contributed by atoms with van der Waals surface area (Å²) >= 11 is 0. The van der Waals surface area contributed by atoms with E-state index >= 15 is 0 Å². The van der Waals surface area contributed by atoms with Gasteiger partial charge < -0.3 is 22.8 Å². The van der Waals surface area contributed by atoms with Crippen molar-refractivity contribution < 1.29 is 0 Å². The van der Waals surface area contributed by atoms with E-state index in [4.69, 9.17) is 0 Å². The summed E-state index contributed by atoms with van der Waals surface area (Å²) < 4.78 is 12.2. The van der Waals surface area contributed by atoms with Crippen LogP contribution in [0.4, 0.5) is 0 Å². The molecule has 5 heteroatoms. The normalized spacial score (nSPS) is 12.2. The molecule has 0 aliphatic rings. The number of fused-ring (bicyclic) bond motifs is 15. The van der Waals surface area contributed by atoms with Gasteiger partial charge in [-0.05, 0) is 109 Å². The maximum Gasteiger partial charge on any atom is 0.0562 e. The molecule has 5 nitrogen and oxygen atoms in total. The summed E-state index contributed by atoms with van der Waals surface area (Å²) in [5, 5.41) is 12.4. The first kappa shape index (κ1) is 38.4. The number of hydrogen-bond donors (Lipinski definition) is 0. The molecule has 11 aromatic carbocycles. The smallest absolute Gasteiger partial charge is 0.0562 e. The molecular weight excluding hydrogens is 863 g/mol. The highest BCUT2D eigenvalue weighted by atomic mass is 15.0. The van der Waals surface area contributed by atoms with Crippen molar-refractivity contribution in [2.75, 3.05) is 0 Å². The van der Waals surface area contributed by atoms with Crippen LogP contribution in [0, 0.1) is 0 Å². The van der Waals surface area contributed by atoms with Gasteiger partial charge in [0.1, 0.15) is 0 Å². The Morgan fingerprint density at radius 2 is 0.451 bits per heavy atom. The molecule has 0 saturated carbocycles. The van der Waals surface area contributed by atoms with Crippen LogP contribution in [-0.4, -0.2) is 22.8 Å². The second-order valence-corrected chi connectivity index (χ2v) is 18.9. The van der Waals surface area contributed by atoms with E-state index in [1.165, 1.54) is 109 Å². The van der Waals surface area contributed by atoms with Crippen molar-refractivity contribution in [2.24, 2.45) is 0 Å². The van der Waals surface area contributed by atoms with Gasteiger partial charge in [0, 0.05) is 76.6 Å². The van der Waals surface area contributed by atoms with Crippen molar-refractivity contribution in [3.63, 3.8) is 0 Å². The molecule has 0 aliphatic carbocycles. The number of aromatic nitrogens is 5. The Kier molecular flexibility index (Phi) is 7.82. The third kappa shape index (κ3) is 5.29. The van der Waals surface area contributed by atoms with Crippen LogP contribution in [-0.2, 0) is 0 Å². The molecule has 0 aliphatic heterocycles. The highest BCUT2D eigenvalue weighted by Gasteiger charge is 2.22. The molecule has 0 N–H and O–H groups in total. The highest BCUT2D eigenvalue weighted by molar-refractivity contribution is 6.17. The number of benzene rings is 11. The Hall–Kier alpha value is -9.58. The predicted molar refractivity (Wildman–Crippen MR) is 298 cm³/mol. The molecule has 0 unspecified atom stereocenters. The van der Waals surface area contributed by atoms with E-state index < -0.39 is 0 Å². The van der Waals surface area contributed by atoms with Gasteiger partial charge in [0.05, 0.1) is 60.9 Å². The quantitative estimate of drug-likeness (QED) is 0.164. The van der Waals surface area contributed by atoms with Crippen LogP contribution in [0.5, 0.6) is 0 Å². The minimum Gasteiger partial charge on any atom is -0.309 e. The number of rotatable bonds is 5. The summed E-state index contributed by atoms with van der Waals surface area (Å²) in [6, 6.07) is 91.5. The number of para-hydroxylation sites is 7. The molecule has 0 fully saturated rings. The molecular formula is C66H41N5. The average molecular weight is 904 g/mol. The van der Waals surface area contributed by atoms with Crippen LogP contribution in [0.25, 0.3) is 137 Å². The predicted octanol–water partition coefficient (Wildman–Crippen LogP) is 17.2. The third-order valence-corrected chi connectivity index (χ3v) is 15.3.